The summed E-state index contributed by atoms with van der Waals surface area (Å²) in [7, 11) is 0. The van der Waals surface area contributed by atoms with E-state index in [0.29, 0.717) is 6.42 Å². The SMILES string of the molecule is NC(N)=NN=C1CC(c2ccccc2Br)Cc2occ(C(F)(F)F)c21. The highest BCUT2D eigenvalue weighted by Crippen LogP contribution is 2.42. The van der Waals surface area contributed by atoms with Crippen molar-refractivity contribution in [1.82, 2.24) is 0 Å². The fraction of sp³-hybridized carbons (Fsp3) is 0.250. The van der Waals surface area contributed by atoms with Gasteiger partial charge < -0.3 is 15.9 Å². The standard InChI is InChI=1S/C16H14BrF3N4O/c17-11-4-2-1-3-9(11)8-5-12(23-24-15(21)22)14-10(16(18,19)20)7-25-13(14)6-8/h1-4,7-8H,5-6H2,(H4,21,22,24). The van der Waals surface area contributed by atoms with Crippen molar-refractivity contribution in [3.05, 3.63) is 57.5 Å². The van der Waals surface area contributed by atoms with Crippen LogP contribution in [0, 0.1) is 0 Å². The van der Waals surface area contributed by atoms with Gasteiger partial charge in [0.05, 0.1) is 11.3 Å². The summed E-state index contributed by atoms with van der Waals surface area (Å²) in [4.78, 5) is 0. The van der Waals surface area contributed by atoms with Crippen molar-refractivity contribution in [3.63, 3.8) is 0 Å². The molecule has 3 rings (SSSR count). The Labute approximate surface area is 149 Å². The van der Waals surface area contributed by atoms with Crippen LogP contribution in [0.25, 0.3) is 0 Å². The molecule has 4 N–H and O–H groups in total. The smallest absolute Gasteiger partial charge is 0.420 e. The first kappa shape index (κ1) is 17.5. The van der Waals surface area contributed by atoms with Gasteiger partial charge in [-0.05, 0) is 24.0 Å². The molecular formula is C16H14BrF3N4O. The number of nitrogens with zero attached hydrogens (tertiary/aromatic N) is 2. The number of fused-ring (bicyclic) bond motifs is 1. The predicted octanol–water partition coefficient (Wildman–Crippen LogP) is 3.77. The Bertz CT molecular complexity index is 853. The summed E-state index contributed by atoms with van der Waals surface area (Å²) >= 11 is 3.47. The van der Waals surface area contributed by atoms with Crippen molar-refractivity contribution in [3.8, 4) is 0 Å². The molecule has 2 aromatic rings. The molecule has 0 saturated carbocycles. The summed E-state index contributed by atoms with van der Waals surface area (Å²) in [5, 5.41) is 7.40. The molecule has 1 heterocycles. The van der Waals surface area contributed by atoms with E-state index in [-0.39, 0.29) is 35.3 Å². The third kappa shape index (κ3) is 3.55. The van der Waals surface area contributed by atoms with Gasteiger partial charge in [0.1, 0.15) is 17.6 Å². The summed E-state index contributed by atoms with van der Waals surface area (Å²) in [5.74, 6) is -0.207. The zero-order valence-electron chi connectivity index (χ0n) is 12.8. The number of halogens is 4. The average Bonchev–Trinajstić information content (AvgIpc) is 2.97. The predicted molar refractivity (Wildman–Crippen MR) is 91.3 cm³/mol. The minimum absolute atomic E-state index is 0.0687. The highest BCUT2D eigenvalue weighted by Gasteiger charge is 2.41. The number of alkyl halides is 3. The molecule has 0 fully saturated rings. The van der Waals surface area contributed by atoms with Gasteiger partial charge in [0.15, 0.2) is 0 Å². The quantitative estimate of drug-likeness (QED) is 0.445. The molecule has 0 radical (unpaired) electrons. The molecule has 1 aromatic carbocycles. The van der Waals surface area contributed by atoms with E-state index in [1.807, 2.05) is 24.3 Å². The third-order valence-electron chi connectivity index (χ3n) is 3.96. The zero-order chi connectivity index (χ0) is 18.2. The van der Waals surface area contributed by atoms with E-state index >= 15 is 0 Å². The first-order valence-electron chi connectivity index (χ1n) is 7.35. The van der Waals surface area contributed by atoms with Crippen LogP contribution >= 0.6 is 15.9 Å². The van der Waals surface area contributed by atoms with Crippen LogP contribution in [0.4, 0.5) is 13.2 Å². The number of benzene rings is 1. The van der Waals surface area contributed by atoms with Gasteiger partial charge in [0.2, 0.25) is 5.96 Å². The largest absolute Gasteiger partial charge is 0.468 e. The summed E-state index contributed by atoms with van der Waals surface area (Å²) in [5.41, 5.74) is 10.7. The van der Waals surface area contributed by atoms with E-state index in [4.69, 9.17) is 15.9 Å². The lowest BCUT2D eigenvalue weighted by molar-refractivity contribution is -0.138. The number of rotatable bonds is 2. The number of hydrogen-bond donors (Lipinski definition) is 2. The lowest BCUT2D eigenvalue weighted by atomic mass is 9.81. The fourth-order valence-electron chi connectivity index (χ4n) is 2.94. The maximum atomic E-state index is 13.3. The number of nitrogens with two attached hydrogens (primary N) is 2. The number of furan rings is 1. The van der Waals surface area contributed by atoms with Crippen molar-refractivity contribution < 1.29 is 17.6 Å². The van der Waals surface area contributed by atoms with Crippen LogP contribution in [0.1, 0.15) is 34.8 Å². The Hall–Kier alpha value is -2.29. The van der Waals surface area contributed by atoms with Crippen LogP contribution in [-0.2, 0) is 12.6 Å². The van der Waals surface area contributed by atoms with Gasteiger partial charge in [-0.3, -0.25) is 0 Å². The molecule has 1 atom stereocenters. The van der Waals surface area contributed by atoms with Crippen molar-refractivity contribution in [2.75, 3.05) is 0 Å². The summed E-state index contributed by atoms with van der Waals surface area (Å²) in [6.45, 7) is 0. The molecule has 9 heteroatoms. The van der Waals surface area contributed by atoms with Crippen molar-refractivity contribution in [1.29, 1.82) is 0 Å². The molecule has 0 bridgehead atoms. The maximum Gasteiger partial charge on any atom is 0.420 e. The highest BCUT2D eigenvalue weighted by atomic mass is 79.9. The van der Waals surface area contributed by atoms with Gasteiger partial charge in [0.25, 0.3) is 0 Å². The molecule has 5 nitrogen and oxygen atoms in total. The summed E-state index contributed by atoms with van der Waals surface area (Å²) in [6, 6.07) is 7.52. The normalized spacial score (nSPS) is 18.9. The Morgan fingerprint density at radius 1 is 1.20 bits per heavy atom. The Morgan fingerprint density at radius 3 is 2.56 bits per heavy atom. The minimum Gasteiger partial charge on any atom is -0.468 e. The van der Waals surface area contributed by atoms with E-state index in [2.05, 4.69) is 26.1 Å². The van der Waals surface area contributed by atoms with Crippen LogP contribution in [0.2, 0.25) is 0 Å². The van der Waals surface area contributed by atoms with Crippen LogP contribution in [0.3, 0.4) is 0 Å². The van der Waals surface area contributed by atoms with Crippen molar-refractivity contribution in [2.24, 2.45) is 21.7 Å². The van der Waals surface area contributed by atoms with Gasteiger partial charge in [-0.25, -0.2) is 0 Å². The van der Waals surface area contributed by atoms with E-state index in [1.54, 1.807) is 0 Å². The van der Waals surface area contributed by atoms with Crippen molar-refractivity contribution >= 4 is 27.6 Å². The Kier molecular flexibility index (Phi) is 4.59. The molecule has 1 aromatic heterocycles. The average molecular weight is 415 g/mol. The second kappa shape index (κ2) is 6.55. The fourth-order valence-corrected chi connectivity index (χ4v) is 3.55. The lowest BCUT2D eigenvalue weighted by Gasteiger charge is -2.24. The maximum absolute atomic E-state index is 13.3. The zero-order valence-corrected chi connectivity index (χ0v) is 14.4. The molecule has 0 spiro atoms. The van der Waals surface area contributed by atoms with E-state index in [9.17, 15) is 13.2 Å². The monoisotopic (exact) mass is 414 g/mol. The molecular weight excluding hydrogens is 401 g/mol. The van der Waals surface area contributed by atoms with Crippen LogP contribution in [-0.4, -0.2) is 11.7 Å². The first-order valence-corrected chi connectivity index (χ1v) is 8.14. The second-order valence-electron chi connectivity index (χ2n) is 5.64. The molecule has 0 saturated heterocycles. The van der Waals surface area contributed by atoms with Gasteiger partial charge >= 0.3 is 6.18 Å². The topological polar surface area (TPSA) is 89.9 Å². The third-order valence-corrected chi connectivity index (χ3v) is 4.69. The van der Waals surface area contributed by atoms with E-state index in [0.717, 1.165) is 16.3 Å². The molecule has 1 aliphatic carbocycles. The Morgan fingerprint density at radius 2 is 1.92 bits per heavy atom. The molecule has 1 unspecified atom stereocenters. The summed E-state index contributed by atoms with van der Waals surface area (Å²) < 4.78 is 45.9. The van der Waals surface area contributed by atoms with Crippen LogP contribution < -0.4 is 11.5 Å². The molecule has 132 valence electrons. The van der Waals surface area contributed by atoms with Gasteiger partial charge in [-0.2, -0.15) is 18.3 Å². The number of guanidine groups is 1. The van der Waals surface area contributed by atoms with Crippen LogP contribution in [0.15, 0.2) is 49.6 Å². The van der Waals surface area contributed by atoms with Crippen LogP contribution in [0.5, 0.6) is 0 Å². The second-order valence-corrected chi connectivity index (χ2v) is 6.50. The highest BCUT2D eigenvalue weighted by molar-refractivity contribution is 9.10. The molecule has 1 aliphatic rings. The van der Waals surface area contributed by atoms with E-state index in [1.165, 1.54) is 0 Å². The minimum atomic E-state index is -4.55. The first-order chi connectivity index (χ1) is 11.8. The lowest BCUT2D eigenvalue weighted by Crippen LogP contribution is -2.24. The van der Waals surface area contributed by atoms with E-state index < -0.39 is 11.7 Å². The molecule has 0 amide bonds. The van der Waals surface area contributed by atoms with Gasteiger partial charge in [-0.1, -0.05) is 34.1 Å². The summed E-state index contributed by atoms with van der Waals surface area (Å²) in [6.07, 6.45) is -3.24. The van der Waals surface area contributed by atoms with Gasteiger partial charge in [-0.15, -0.1) is 5.10 Å². The molecule has 25 heavy (non-hydrogen) atoms. The molecule has 0 aliphatic heterocycles. The van der Waals surface area contributed by atoms with Crippen molar-refractivity contribution in [2.45, 2.75) is 24.9 Å². The number of hydrogen-bond acceptors (Lipinski definition) is 3. The Balaban J connectivity index is 2.10. The van der Waals surface area contributed by atoms with Gasteiger partial charge in [0, 0.05) is 10.9 Å².